The summed E-state index contributed by atoms with van der Waals surface area (Å²) in [6.07, 6.45) is -1.03. The lowest BCUT2D eigenvalue weighted by molar-refractivity contribution is -0.154. The van der Waals surface area contributed by atoms with Crippen LogP contribution >= 0.6 is 24.0 Å². The number of rotatable bonds is 9. The van der Waals surface area contributed by atoms with Crippen molar-refractivity contribution in [1.29, 1.82) is 0 Å². The molecule has 0 saturated carbocycles. The van der Waals surface area contributed by atoms with Crippen molar-refractivity contribution in [3.05, 3.63) is 23.9 Å². The van der Waals surface area contributed by atoms with Gasteiger partial charge in [-0.2, -0.15) is 13.2 Å². The first-order chi connectivity index (χ1) is 13.0. The minimum Gasteiger partial charge on any atom is -0.468 e. The van der Waals surface area contributed by atoms with E-state index in [-0.39, 0.29) is 36.0 Å². The highest BCUT2D eigenvalue weighted by atomic mass is 127. The Balaban J connectivity index is 0.00000392. The van der Waals surface area contributed by atoms with E-state index in [9.17, 15) is 13.2 Å². The first-order valence-corrected chi connectivity index (χ1v) is 8.74. The SMILES string of the molecule is CN=C(NCCCOC1CCOC1)NCc1ccnc(OCC(F)(F)F)c1.I. The molecule has 0 radical (unpaired) electrons. The maximum absolute atomic E-state index is 12.2. The lowest BCUT2D eigenvalue weighted by Gasteiger charge is -2.14. The molecular weight excluding hydrogens is 492 g/mol. The first kappa shape index (κ1) is 24.7. The summed E-state index contributed by atoms with van der Waals surface area (Å²) in [4.78, 5) is 7.88. The van der Waals surface area contributed by atoms with Crippen LogP contribution < -0.4 is 15.4 Å². The van der Waals surface area contributed by atoms with E-state index in [4.69, 9.17) is 9.47 Å². The van der Waals surface area contributed by atoms with Gasteiger partial charge in [0, 0.05) is 45.6 Å². The monoisotopic (exact) mass is 518 g/mol. The maximum Gasteiger partial charge on any atom is 0.422 e. The van der Waals surface area contributed by atoms with Gasteiger partial charge in [-0.1, -0.05) is 0 Å². The molecule has 2 N–H and O–H groups in total. The topological polar surface area (TPSA) is 77.0 Å². The van der Waals surface area contributed by atoms with Crippen LogP contribution in [0, 0.1) is 0 Å². The molecule has 1 aliphatic heterocycles. The van der Waals surface area contributed by atoms with E-state index in [2.05, 4.69) is 25.3 Å². The van der Waals surface area contributed by atoms with Gasteiger partial charge in [0.1, 0.15) is 0 Å². The molecule has 1 aliphatic rings. The number of aromatic nitrogens is 1. The molecule has 0 aliphatic carbocycles. The second-order valence-electron chi connectivity index (χ2n) is 5.97. The van der Waals surface area contributed by atoms with Crippen LogP contribution in [-0.2, 0) is 16.0 Å². The highest BCUT2D eigenvalue weighted by molar-refractivity contribution is 14.0. The van der Waals surface area contributed by atoms with Gasteiger partial charge in [-0.15, -0.1) is 24.0 Å². The standard InChI is InChI=1S/C17H25F3N4O3.HI/c1-21-16(23-5-2-7-26-14-4-8-25-11-14)24-10-13-3-6-22-15(9-13)27-12-17(18,19)20;/h3,6,9,14H,2,4-5,7-8,10-12H2,1H3,(H2,21,23,24);1H. The molecule has 2 heterocycles. The summed E-state index contributed by atoms with van der Waals surface area (Å²) in [6, 6.07) is 3.15. The maximum atomic E-state index is 12.2. The summed E-state index contributed by atoms with van der Waals surface area (Å²) in [5.41, 5.74) is 0.731. The van der Waals surface area contributed by atoms with E-state index in [0.29, 0.717) is 32.3 Å². The van der Waals surface area contributed by atoms with Gasteiger partial charge >= 0.3 is 6.18 Å². The average Bonchev–Trinajstić information content (AvgIpc) is 3.15. The van der Waals surface area contributed by atoms with Crippen molar-refractivity contribution in [2.75, 3.05) is 40.0 Å². The van der Waals surface area contributed by atoms with Crippen LogP contribution in [0.2, 0.25) is 0 Å². The third kappa shape index (κ3) is 10.3. The van der Waals surface area contributed by atoms with Gasteiger partial charge < -0.3 is 24.8 Å². The Bertz CT molecular complexity index is 599. The summed E-state index contributed by atoms with van der Waals surface area (Å²) in [6.45, 7) is 1.76. The molecule has 7 nitrogen and oxygen atoms in total. The van der Waals surface area contributed by atoms with Crippen LogP contribution in [0.1, 0.15) is 18.4 Å². The van der Waals surface area contributed by atoms with Gasteiger partial charge in [0.15, 0.2) is 12.6 Å². The minimum atomic E-state index is -4.39. The van der Waals surface area contributed by atoms with E-state index in [0.717, 1.165) is 25.0 Å². The van der Waals surface area contributed by atoms with Crippen molar-refractivity contribution in [2.24, 2.45) is 4.99 Å². The van der Waals surface area contributed by atoms with Crippen LogP contribution in [0.25, 0.3) is 0 Å². The normalized spacial score (nSPS) is 17.1. The predicted molar refractivity (Wildman–Crippen MR) is 109 cm³/mol. The second kappa shape index (κ2) is 13.0. The number of halogens is 4. The second-order valence-corrected chi connectivity index (χ2v) is 5.97. The zero-order valence-electron chi connectivity index (χ0n) is 15.6. The molecule has 28 heavy (non-hydrogen) atoms. The third-order valence-electron chi connectivity index (χ3n) is 3.72. The molecule has 11 heteroatoms. The summed E-state index contributed by atoms with van der Waals surface area (Å²) in [7, 11) is 1.64. The van der Waals surface area contributed by atoms with Gasteiger partial charge in [-0.05, 0) is 24.5 Å². The molecule has 1 atom stereocenters. The Kier molecular flexibility index (Phi) is 11.5. The largest absolute Gasteiger partial charge is 0.468 e. The van der Waals surface area contributed by atoms with Gasteiger partial charge in [-0.3, -0.25) is 4.99 Å². The van der Waals surface area contributed by atoms with Crippen LogP contribution in [0.5, 0.6) is 5.88 Å². The number of nitrogens with one attached hydrogen (secondary N) is 2. The first-order valence-electron chi connectivity index (χ1n) is 8.74. The van der Waals surface area contributed by atoms with Gasteiger partial charge in [0.2, 0.25) is 5.88 Å². The zero-order valence-corrected chi connectivity index (χ0v) is 18.0. The molecule has 1 fully saturated rings. The molecule has 0 spiro atoms. The molecule has 0 amide bonds. The van der Waals surface area contributed by atoms with E-state index < -0.39 is 12.8 Å². The lowest BCUT2D eigenvalue weighted by Crippen LogP contribution is -2.37. The number of alkyl halides is 3. The quantitative estimate of drug-likeness (QED) is 0.227. The lowest BCUT2D eigenvalue weighted by atomic mass is 10.2. The smallest absolute Gasteiger partial charge is 0.422 e. The Morgan fingerprint density at radius 2 is 2.21 bits per heavy atom. The predicted octanol–water partition coefficient (Wildman–Crippen LogP) is 2.50. The van der Waals surface area contributed by atoms with Crippen LogP contribution in [0.15, 0.2) is 23.3 Å². The fourth-order valence-corrected chi connectivity index (χ4v) is 2.37. The number of guanidine groups is 1. The Labute approximate surface area is 179 Å². The summed E-state index contributed by atoms with van der Waals surface area (Å²) in [5, 5.41) is 6.25. The van der Waals surface area contributed by atoms with Crippen LogP contribution in [-0.4, -0.2) is 63.2 Å². The summed E-state index contributed by atoms with van der Waals surface area (Å²) < 4.78 is 52.2. The van der Waals surface area contributed by atoms with Crippen molar-refractivity contribution in [1.82, 2.24) is 15.6 Å². The highest BCUT2D eigenvalue weighted by Crippen LogP contribution is 2.17. The highest BCUT2D eigenvalue weighted by Gasteiger charge is 2.28. The molecule has 0 bridgehead atoms. The zero-order chi connectivity index (χ0) is 19.5. The summed E-state index contributed by atoms with van der Waals surface area (Å²) >= 11 is 0. The van der Waals surface area contributed by atoms with E-state index >= 15 is 0 Å². The van der Waals surface area contributed by atoms with E-state index in [1.165, 1.54) is 12.3 Å². The van der Waals surface area contributed by atoms with Crippen molar-refractivity contribution >= 4 is 29.9 Å². The third-order valence-corrected chi connectivity index (χ3v) is 3.72. The number of pyridine rings is 1. The van der Waals surface area contributed by atoms with Crippen molar-refractivity contribution in [3.63, 3.8) is 0 Å². The number of aliphatic imine (C=N–C) groups is 1. The van der Waals surface area contributed by atoms with E-state index in [1.807, 2.05) is 0 Å². The number of hydrogen-bond acceptors (Lipinski definition) is 5. The summed E-state index contributed by atoms with van der Waals surface area (Å²) in [5.74, 6) is 0.524. The molecule has 0 aromatic carbocycles. The number of hydrogen-bond donors (Lipinski definition) is 2. The minimum absolute atomic E-state index is 0. The number of nitrogens with zero attached hydrogens (tertiary/aromatic N) is 2. The molecule has 160 valence electrons. The van der Waals surface area contributed by atoms with Crippen LogP contribution in [0.3, 0.4) is 0 Å². The fourth-order valence-electron chi connectivity index (χ4n) is 2.37. The Morgan fingerprint density at radius 3 is 2.89 bits per heavy atom. The molecule has 1 aromatic rings. The van der Waals surface area contributed by atoms with Crippen LogP contribution in [0.4, 0.5) is 13.2 Å². The van der Waals surface area contributed by atoms with Crippen molar-refractivity contribution < 1.29 is 27.4 Å². The van der Waals surface area contributed by atoms with Crippen molar-refractivity contribution in [3.8, 4) is 5.88 Å². The molecule has 1 aromatic heterocycles. The molecular formula is C17H26F3IN4O3. The van der Waals surface area contributed by atoms with Gasteiger partial charge in [-0.25, -0.2) is 4.98 Å². The average molecular weight is 518 g/mol. The van der Waals surface area contributed by atoms with Crippen molar-refractivity contribution in [2.45, 2.75) is 31.7 Å². The Morgan fingerprint density at radius 1 is 1.39 bits per heavy atom. The molecule has 1 unspecified atom stereocenters. The molecule has 2 rings (SSSR count). The van der Waals surface area contributed by atoms with Gasteiger partial charge in [0.05, 0.1) is 12.7 Å². The number of ether oxygens (including phenoxy) is 3. The Hall–Kier alpha value is -1.34. The van der Waals surface area contributed by atoms with E-state index in [1.54, 1.807) is 13.1 Å². The van der Waals surface area contributed by atoms with Gasteiger partial charge in [0.25, 0.3) is 0 Å². The molecule has 1 saturated heterocycles. The fraction of sp³-hybridized carbons (Fsp3) is 0.647.